The summed E-state index contributed by atoms with van der Waals surface area (Å²) >= 11 is 0. The second kappa shape index (κ2) is 3.89. The van der Waals surface area contributed by atoms with Crippen molar-refractivity contribution < 1.29 is 9.90 Å². The van der Waals surface area contributed by atoms with Crippen LogP contribution in [-0.2, 0) is 4.79 Å². The normalized spacial score (nSPS) is 19.7. The first-order chi connectivity index (χ1) is 7.24. The first kappa shape index (κ1) is 9.97. The highest BCUT2D eigenvalue weighted by Crippen LogP contribution is 2.33. The fourth-order valence-electron chi connectivity index (χ4n) is 2.09. The Bertz CT molecular complexity index is 418. The average Bonchev–Trinajstić information content (AvgIpc) is 2.24. The molecule has 0 aromatic heterocycles. The summed E-state index contributed by atoms with van der Waals surface area (Å²) in [7, 11) is 0. The van der Waals surface area contributed by atoms with E-state index in [0.717, 1.165) is 24.0 Å². The van der Waals surface area contributed by atoms with Gasteiger partial charge < -0.3 is 5.11 Å². The molecular formula is C13H14O2. The lowest BCUT2D eigenvalue weighted by Crippen LogP contribution is -2.16. The highest BCUT2D eigenvalue weighted by atomic mass is 16.3. The van der Waals surface area contributed by atoms with E-state index in [-0.39, 0.29) is 17.5 Å². The van der Waals surface area contributed by atoms with E-state index in [9.17, 15) is 9.90 Å². The Kier molecular flexibility index (Phi) is 2.58. The van der Waals surface area contributed by atoms with Gasteiger partial charge in [0.05, 0.1) is 0 Å². The van der Waals surface area contributed by atoms with Gasteiger partial charge in [-0.15, -0.1) is 0 Å². The monoisotopic (exact) mass is 202 g/mol. The number of aliphatic hydroxyl groups excluding tert-OH is 1. The van der Waals surface area contributed by atoms with Crippen LogP contribution in [-0.4, -0.2) is 10.9 Å². The maximum absolute atomic E-state index is 11.7. The van der Waals surface area contributed by atoms with Crippen LogP contribution >= 0.6 is 0 Å². The molecule has 2 nitrogen and oxygen atoms in total. The highest BCUT2D eigenvalue weighted by molar-refractivity contribution is 6.03. The van der Waals surface area contributed by atoms with Crippen molar-refractivity contribution in [1.82, 2.24) is 0 Å². The maximum Gasteiger partial charge on any atom is 0.166 e. The molecule has 0 saturated carbocycles. The SMILES string of the molecule is CCCC1C(=O)C=C(O)c2ccccc21. The number of carbonyl (C=O) groups excluding carboxylic acids is 1. The van der Waals surface area contributed by atoms with Crippen molar-refractivity contribution in [2.45, 2.75) is 25.7 Å². The topological polar surface area (TPSA) is 37.3 Å². The van der Waals surface area contributed by atoms with Gasteiger partial charge in [0, 0.05) is 17.6 Å². The Morgan fingerprint density at radius 1 is 1.33 bits per heavy atom. The minimum atomic E-state index is -0.0675. The third-order valence-electron chi connectivity index (χ3n) is 2.81. The van der Waals surface area contributed by atoms with Gasteiger partial charge in [-0.2, -0.15) is 0 Å². The molecule has 78 valence electrons. The Hall–Kier alpha value is -1.57. The largest absolute Gasteiger partial charge is 0.507 e. The first-order valence-corrected chi connectivity index (χ1v) is 5.28. The summed E-state index contributed by atoms with van der Waals surface area (Å²) in [5.41, 5.74) is 1.76. The van der Waals surface area contributed by atoms with Crippen LogP contribution in [0.1, 0.15) is 36.8 Å². The average molecular weight is 202 g/mol. The van der Waals surface area contributed by atoms with Gasteiger partial charge in [-0.3, -0.25) is 4.79 Å². The molecule has 0 heterocycles. The van der Waals surface area contributed by atoms with Crippen LogP contribution < -0.4 is 0 Å². The number of hydrogen-bond donors (Lipinski definition) is 1. The maximum atomic E-state index is 11.7. The van der Waals surface area contributed by atoms with Gasteiger partial charge in [-0.25, -0.2) is 0 Å². The zero-order chi connectivity index (χ0) is 10.8. The summed E-state index contributed by atoms with van der Waals surface area (Å²) in [6.45, 7) is 2.06. The molecular weight excluding hydrogens is 188 g/mol. The molecule has 0 bridgehead atoms. The van der Waals surface area contributed by atoms with E-state index < -0.39 is 0 Å². The van der Waals surface area contributed by atoms with Gasteiger partial charge in [0.15, 0.2) is 5.78 Å². The van der Waals surface area contributed by atoms with Crippen LogP contribution in [0.5, 0.6) is 0 Å². The lowest BCUT2D eigenvalue weighted by atomic mass is 9.83. The standard InChI is InChI=1S/C13H14O2/c1-2-5-10-9-6-3-4-7-11(9)13(15)8-12(10)14/h3-4,6-8,10,15H,2,5H2,1H3. The van der Waals surface area contributed by atoms with Gasteiger partial charge in [0.25, 0.3) is 0 Å². The smallest absolute Gasteiger partial charge is 0.166 e. The number of carbonyl (C=O) groups is 1. The van der Waals surface area contributed by atoms with Crippen molar-refractivity contribution >= 4 is 11.5 Å². The lowest BCUT2D eigenvalue weighted by Gasteiger charge is -2.21. The van der Waals surface area contributed by atoms with Crippen LogP contribution in [0.15, 0.2) is 30.3 Å². The van der Waals surface area contributed by atoms with E-state index in [1.807, 2.05) is 24.3 Å². The molecule has 1 unspecified atom stereocenters. The Balaban J connectivity index is 2.50. The van der Waals surface area contributed by atoms with Gasteiger partial charge in [0.1, 0.15) is 5.76 Å². The van der Waals surface area contributed by atoms with E-state index >= 15 is 0 Å². The van der Waals surface area contributed by atoms with E-state index in [1.54, 1.807) is 0 Å². The number of benzene rings is 1. The molecule has 0 amide bonds. The predicted octanol–water partition coefficient (Wildman–Crippen LogP) is 3.05. The van der Waals surface area contributed by atoms with Crippen molar-refractivity contribution in [3.63, 3.8) is 0 Å². The van der Waals surface area contributed by atoms with E-state index in [4.69, 9.17) is 0 Å². The molecule has 1 aliphatic rings. The minimum absolute atomic E-state index is 0.0213. The summed E-state index contributed by atoms with van der Waals surface area (Å²) in [4.78, 5) is 11.7. The molecule has 1 aliphatic carbocycles. The summed E-state index contributed by atoms with van der Waals surface area (Å²) in [6.07, 6.45) is 3.17. The van der Waals surface area contributed by atoms with Crippen LogP contribution in [0.25, 0.3) is 5.76 Å². The van der Waals surface area contributed by atoms with Crippen molar-refractivity contribution in [3.8, 4) is 0 Å². The molecule has 1 aromatic rings. The third-order valence-corrected chi connectivity index (χ3v) is 2.81. The number of aliphatic hydroxyl groups is 1. The molecule has 0 spiro atoms. The second-order valence-electron chi connectivity index (χ2n) is 3.86. The fraction of sp³-hybridized carbons (Fsp3) is 0.308. The predicted molar refractivity (Wildman–Crippen MR) is 59.7 cm³/mol. The van der Waals surface area contributed by atoms with Crippen molar-refractivity contribution in [1.29, 1.82) is 0 Å². The van der Waals surface area contributed by atoms with Crippen molar-refractivity contribution in [3.05, 3.63) is 41.5 Å². The molecule has 2 heteroatoms. The number of allylic oxidation sites excluding steroid dienone is 1. The number of ketones is 1. The summed E-state index contributed by atoms with van der Waals surface area (Å²) in [5.74, 6) is 0.0538. The zero-order valence-corrected chi connectivity index (χ0v) is 8.73. The molecule has 0 aliphatic heterocycles. The van der Waals surface area contributed by atoms with E-state index in [1.165, 1.54) is 6.08 Å². The molecule has 1 aromatic carbocycles. The Morgan fingerprint density at radius 3 is 2.80 bits per heavy atom. The molecule has 1 atom stereocenters. The van der Waals surface area contributed by atoms with Crippen molar-refractivity contribution in [2.24, 2.45) is 0 Å². The number of rotatable bonds is 2. The highest BCUT2D eigenvalue weighted by Gasteiger charge is 2.26. The van der Waals surface area contributed by atoms with Crippen LogP contribution in [0.2, 0.25) is 0 Å². The Morgan fingerprint density at radius 2 is 2.07 bits per heavy atom. The quantitative estimate of drug-likeness (QED) is 0.800. The number of hydrogen-bond acceptors (Lipinski definition) is 2. The molecule has 15 heavy (non-hydrogen) atoms. The minimum Gasteiger partial charge on any atom is -0.507 e. The number of fused-ring (bicyclic) bond motifs is 1. The lowest BCUT2D eigenvalue weighted by molar-refractivity contribution is -0.116. The van der Waals surface area contributed by atoms with Crippen LogP contribution in [0, 0.1) is 0 Å². The second-order valence-corrected chi connectivity index (χ2v) is 3.86. The first-order valence-electron chi connectivity index (χ1n) is 5.28. The van der Waals surface area contributed by atoms with Gasteiger partial charge >= 0.3 is 0 Å². The molecule has 2 rings (SSSR count). The Labute approximate surface area is 89.2 Å². The van der Waals surface area contributed by atoms with E-state index in [0.29, 0.717) is 0 Å². The third kappa shape index (κ3) is 1.67. The fourth-order valence-corrected chi connectivity index (χ4v) is 2.09. The molecule has 0 fully saturated rings. The van der Waals surface area contributed by atoms with Gasteiger partial charge in [-0.1, -0.05) is 37.6 Å². The van der Waals surface area contributed by atoms with Gasteiger partial charge in [-0.05, 0) is 12.0 Å². The van der Waals surface area contributed by atoms with Crippen LogP contribution in [0.3, 0.4) is 0 Å². The van der Waals surface area contributed by atoms with Crippen LogP contribution in [0.4, 0.5) is 0 Å². The summed E-state index contributed by atoms with van der Waals surface area (Å²) in [6, 6.07) is 7.57. The van der Waals surface area contributed by atoms with Crippen molar-refractivity contribution in [2.75, 3.05) is 0 Å². The zero-order valence-electron chi connectivity index (χ0n) is 8.73. The summed E-state index contributed by atoms with van der Waals surface area (Å²) < 4.78 is 0. The molecule has 1 N–H and O–H groups in total. The molecule has 0 radical (unpaired) electrons. The van der Waals surface area contributed by atoms with E-state index in [2.05, 4.69) is 6.92 Å². The van der Waals surface area contributed by atoms with Gasteiger partial charge in [0.2, 0.25) is 0 Å². The summed E-state index contributed by atoms with van der Waals surface area (Å²) in [5, 5.41) is 9.66. The molecule has 0 saturated heterocycles.